The standard InChI is InChI=1S/C17H20N2O2/c1-2-19(13-14-8-10-18-11-9-14)16(12-17(20)21)15-6-4-3-5-7-15/h3-11,16H,2,12-13H2,1H3,(H,20,21). The Morgan fingerprint density at radius 2 is 1.86 bits per heavy atom. The third kappa shape index (κ3) is 4.39. The highest BCUT2D eigenvalue weighted by Crippen LogP contribution is 2.25. The number of aromatic nitrogens is 1. The number of hydrogen-bond acceptors (Lipinski definition) is 3. The topological polar surface area (TPSA) is 53.4 Å². The summed E-state index contributed by atoms with van der Waals surface area (Å²) < 4.78 is 0. The molecule has 0 bridgehead atoms. The summed E-state index contributed by atoms with van der Waals surface area (Å²) in [7, 11) is 0. The summed E-state index contributed by atoms with van der Waals surface area (Å²) in [4.78, 5) is 17.4. The highest BCUT2D eigenvalue weighted by Gasteiger charge is 2.22. The van der Waals surface area contributed by atoms with Crippen molar-refractivity contribution in [2.75, 3.05) is 6.54 Å². The van der Waals surface area contributed by atoms with Crippen molar-refractivity contribution in [2.45, 2.75) is 25.9 Å². The lowest BCUT2D eigenvalue weighted by molar-refractivity contribution is -0.138. The van der Waals surface area contributed by atoms with Gasteiger partial charge in [-0.15, -0.1) is 0 Å². The van der Waals surface area contributed by atoms with Crippen LogP contribution in [0, 0.1) is 0 Å². The molecule has 2 rings (SSSR count). The molecule has 0 saturated heterocycles. The summed E-state index contributed by atoms with van der Waals surface area (Å²) in [5.74, 6) is -0.781. The monoisotopic (exact) mass is 284 g/mol. The van der Waals surface area contributed by atoms with Crippen molar-refractivity contribution >= 4 is 5.97 Å². The predicted octanol–water partition coefficient (Wildman–Crippen LogP) is 3.12. The van der Waals surface area contributed by atoms with Crippen molar-refractivity contribution in [1.29, 1.82) is 0 Å². The second-order valence-corrected chi connectivity index (χ2v) is 4.94. The maximum atomic E-state index is 11.2. The number of carboxylic acid groups (broad SMARTS) is 1. The smallest absolute Gasteiger partial charge is 0.305 e. The molecule has 0 aliphatic carbocycles. The first kappa shape index (κ1) is 15.2. The van der Waals surface area contributed by atoms with Gasteiger partial charge in [-0.1, -0.05) is 37.3 Å². The van der Waals surface area contributed by atoms with Gasteiger partial charge in [0.05, 0.1) is 6.42 Å². The molecule has 1 atom stereocenters. The van der Waals surface area contributed by atoms with E-state index in [1.54, 1.807) is 12.4 Å². The van der Waals surface area contributed by atoms with Crippen LogP contribution in [-0.2, 0) is 11.3 Å². The molecule has 0 spiro atoms. The maximum Gasteiger partial charge on any atom is 0.305 e. The third-order valence-corrected chi connectivity index (χ3v) is 3.53. The van der Waals surface area contributed by atoms with E-state index in [1.807, 2.05) is 42.5 Å². The van der Waals surface area contributed by atoms with Gasteiger partial charge in [0, 0.05) is 25.0 Å². The molecular formula is C17H20N2O2. The van der Waals surface area contributed by atoms with Crippen LogP contribution in [0.1, 0.15) is 30.5 Å². The largest absolute Gasteiger partial charge is 0.481 e. The van der Waals surface area contributed by atoms with Gasteiger partial charge in [0.15, 0.2) is 0 Å². The van der Waals surface area contributed by atoms with E-state index in [0.29, 0.717) is 6.54 Å². The van der Waals surface area contributed by atoms with Crippen LogP contribution < -0.4 is 0 Å². The molecule has 0 amide bonds. The quantitative estimate of drug-likeness (QED) is 0.848. The molecule has 1 aromatic carbocycles. The molecule has 0 saturated carbocycles. The van der Waals surface area contributed by atoms with Crippen LogP contribution >= 0.6 is 0 Å². The summed E-state index contributed by atoms with van der Waals surface area (Å²) >= 11 is 0. The first-order valence-corrected chi connectivity index (χ1v) is 7.10. The molecule has 1 unspecified atom stereocenters. The average molecular weight is 284 g/mol. The van der Waals surface area contributed by atoms with Crippen molar-refractivity contribution in [3.05, 3.63) is 66.0 Å². The number of hydrogen-bond donors (Lipinski definition) is 1. The summed E-state index contributed by atoms with van der Waals surface area (Å²) in [5.41, 5.74) is 2.17. The molecule has 110 valence electrons. The molecule has 0 radical (unpaired) electrons. The van der Waals surface area contributed by atoms with Crippen molar-refractivity contribution in [3.8, 4) is 0 Å². The average Bonchev–Trinajstić information content (AvgIpc) is 2.52. The van der Waals surface area contributed by atoms with Gasteiger partial charge in [-0.25, -0.2) is 0 Å². The van der Waals surface area contributed by atoms with Gasteiger partial charge in [0.25, 0.3) is 0 Å². The van der Waals surface area contributed by atoms with Gasteiger partial charge in [0.1, 0.15) is 0 Å². The van der Waals surface area contributed by atoms with Crippen LogP contribution in [-0.4, -0.2) is 27.5 Å². The van der Waals surface area contributed by atoms with Gasteiger partial charge in [-0.2, -0.15) is 0 Å². The highest BCUT2D eigenvalue weighted by molar-refractivity contribution is 5.68. The molecule has 0 aliphatic heterocycles. The lowest BCUT2D eigenvalue weighted by Crippen LogP contribution is -2.30. The molecule has 4 nitrogen and oxygen atoms in total. The number of aliphatic carboxylic acids is 1. The maximum absolute atomic E-state index is 11.2. The number of nitrogens with zero attached hydrogens (tertiary/aromatic N) is 2. The summed E-state index contributed by atoms with van der Waals surface area (Å²) in [6.45, 7) is 3.56. The number of rotatable bonds is 7. The second-order valence-electron chi connectivity index (χ2n) is 4.94. The first-order valence-electron chi connectivity index (χ1n) is 7.10. The Bertz CT molecular complexity index is 558. The zero-order valence-corrected chi connectivity index (χ0v) is 12.1. The number of carboxylic acids is 1. The summed E-state index contributed by atoms with van der Waals surface area (Å²) in [5, 5.41) is 9.22. The van der Waals surface area contributed by atoms with E-state index in [0.717, 1.165) is 17.7 Å². The van der Waals surface area contributed by atoms with Crippen molar-refractivity contribution in [2.24, 2.45) is 0 Å². The molecule has 0 aliphatic rings. The first-order chi connectivity index (χ1) is 10.2. The van der Waals surface area contributed by atoms with E-state index in [4.69, 9.17) is 0 Å². The molecule has 0 fully saturated rings. The number of carbonyl (C=O) groups is 1. The van der Waals surface area contributed by atoms with Crippen LogP contribution in [0.2, 0.25) is 0 Å². The highest BCUT2D eigenvalue weighted by atomic mass is 16.4. The zero-order valence-electron chi connectivity index (χ0n) is 12.1. The Labute approximate surface area is 125 Å². The normalized spacial score (nSPS) is 12.3. The minimum absolute atomic E-state index is 0.100. The lowest BCUT2D eigenvalue weighted by Gasteiger charge is -2.30. The van der Waals surface area contributed by atoms with Gasteiger partial charge in [0.2, 0.25) is 0 Å². The SMILES string of the molecule is CCN(Cc1ccncc1)C(CC(=O)O)c1ccccc1. The van der Waals surface area contributed by atoms with Crippen LogP contribution in [0.3, 0.4) is 0 Å². The van der Waals surface area contributed by atoms with Gasteiger partial charge in [-0.05, 0) is 29.8 Å². The van der Waals surface area contributed by atoms with E-state index in [9.17, 15) is 9.90 Å². The van der Waals surface area contributed by atoms with E-state index in [2.05, 4.69) is 16.8 Å². The van der Waals surface area contributed by atoms with Crippen molar-refractivity contribution in [1.82, 2.24) is 9.88 Å². The Morgan fingerprint density at radius 3 is 2.43 bits per heavy atom. The molecular weight excluding hydrogens is 264 g/mol. The zero-order chi connectivity index (χ0) is 15.1. The molecule has 21 heavy (non-hydrogen) atoms. The second kappa shape index (κ2) is 7.55. The predicted molar refractivity (Wildman–Crippen MR) is 81.8 cm³/mol. The minimum atomic E-state index is -0.781. The Balaban J connectivity index is 2.23. The Hall–Kier alpha value is -2.20. The Kier molecular flexibility index (Phi) is 5.46. The third-order valence-electron chi connectivity index (χ3n) is 3.53. The van der Waals surface area contributed by atoms with E-state index < -0.39 is 5.97 Å². The van der Waals surface area contributed by atoms with Gasteiger partial charge in [-0.3, -0.25) is 14.7 Å². The van der Waals surface area contributed by atoms with E-state index in [1.165, 1.54) is 0 Å². The minimum Gasteiger partial charge on any atom is -0.481 e. The fourth-order valence-electron chi connectivity index (χ4n) is 2.46. The fraction of sp³-hybridized carbons (Fsp3) is 0.294. The lowest BCUT2D eigenvalue weighted by atomic mass is 10.0. The van der Waals surface area contributed by atoms with Crippen LogP contribution in [0.25, 0.3) is 0 Å². The van der Waals surface area contributed by atoms with Gasteiger partial charge >= 0.3 is 5.97 Å². The van der Waals surface area contributed by atoms with Crippen LogP contribution in [0.5, 0.6) is 0 Å². The van der Waals surface area contributed by atoms with Crippen LogP contribution in [0.4, 0.5) is 0 Å². The van der Waals surface area contributed by atoms with Gasteiger partial charge < -0.3 is 5.11 Å². The summed E-state index contributed by atoms with van der Waals surface area (Å²) in [6.07, 6.45) is 3.62. The summed E-state index contributed by atoms with van der Waals surface area (Å²) in [6, 6.07) is 13.6. The van der Waals surface area contributed by atoms with Crippen LogP contribution in [0.15, 0.2) is 54.9 Å². The molecule has 1 N–H and O–H groups in total. The molecule has 1 heterocycles. The molecule has 1 aromatic heterocycles. The van der Waals surface area contributed by atoms with Crippen molar-refractivity contribution < 1.29 is 9.90 Å². The van der Waals surface area contributed by atoms with Crippen molar-refractivity contribution in [3.63, 3.8) is 0 Å². The fourth-order valence-corrected chi connectivity index (χ4v) is 2.46. The Morgan fingerprint density at radius 1 is 1.19 bits per heavy atom. The number of benzene rings is 1. The molecule has 4 heteroatoms. The molecule has 2 aromatic rings. The van der Waals surface area contributed by atoms with E-state index >= 15 is 0 Å². The number of pyridine rings is 1. The van der Waals surface area contributed by atoms with E-state index in [-0.39, 0.29) is 12.5 Å².